The lowest BCUT2D eigenvalue weighted by Gasteiger charge is -2.21. The van der Waals surface area contributed by atoms with Crippen LogP contribution < -0.4 is 16.8 Å². The molecular formula is C13H19N3O2. The minimum absolute atomic E-state index is 0.176. The Labute approximate surface area is 107 Å². The summed E-state index contributed by atoms with van der Waals surface area (Å²) in [5.74, 6) is -0.750. The van der Waals surface area contributed by atoms with Gasteiger partial charge in [0.25, 0.3) is 5.91 Å². The molecule has 5 heteroatoms. The topological polar surface area (TPSA) is 98.2 Å². The van der Waals surface area contributed by atoms with Gasteiger partial charge in [0.15, 0.2) is 0 Å². The van der Waals surface area contributed by atoms with Crippen molar-refractivity contribution in [3.8, 4) is 0 Å². The molecule has 0 bridgehead atoms. The largest absolute Gasteiger partial charge is 0.398 e. The van der Waals surface area contributed by atoms with Crippen LogP contribution in [0.2, 0.25) is 0 Å². The van der Waals surface area contributed by atoms with Crippen LogP contribution in [0.15, 0.2) is 18.2 Å². The van der Waals surface area contributed by atoms with Gasteiger partial charge < -0.3 is 16.8 Å². The number of hydrogen-bond donors (Lipinski definition) is 3. The van der Waals surface area contributed by atoms with Gasteiger partial charge in [-0.25, -0.2) is 0 Å². The molecule has 0 aromatic heterocycles. The second-order valence-electron chi connectivity index (χ2n) is 4.97. The number of nitrogens with one attached hydrogen (secondary N) is 1. The van der Waals surface area contributed by atoms with E-state index in [-0.39, 0.29) is 12.5 Å². The number of carbonyl (C=O) groups is 2. The molecule has 0 saturated carbocycles. The minimum Gasteiger partial charge on any atom is -0.398 e. The number of carbonyl (C=O) groups excluding carboxylic acids is 2. The maximum atomic E-state index is 12.0. The van der Waals surface area contributed by atoms with Gasteiger partial charge in [0.05, 0.1) is 11.0 Å². The average molecular weight is 249 g/mol. The first kappa shape index (κ1) is 14.0. The molecular weight excluding hydrogens is 230 g/mol. The van der Waals surface area contributed by atoms with Crippen molar-refractivity contribution in [1.82, 2.24) is 5.32 Å². The number of nitrogens with two attached hydrogens (primary N) is 2. The van der Waals surface area contributed by atoms with Gasteiger partial charge in [0.2, 0.25) is 5.91 Å². The van der Waals surface area contributed by atoms with E-state index in [1.807, 2.05) is 13.0 Å². The molecule has 18 heavy (non-hydrogen) atoms. The molecule has 5 N–H and O–H groups in total. The third-order valence-corrected chi connectivity index (χ3v) is 2.89. The Bertz CT molecular complexity index is 461. The first-order valence-corrected chi connectivity index (χ1v) is 5.69. The number of nitrogen functional groups attached to an aromatic ring is 1. The van der Waals surface area contributed by atoms with Gasteiger partial charge >= 0.3 is 0 Å². The third-order valence-electron chi connectivity index (χ3n) is 2.89. The highest BCUT2D eigenvalue weighted by Gasteiger charge is 2.26. The number of primary amides is 1. The molecule has 0 spiro atoms. The first-order valence-electron chi connectivity index (χ1n) is 5.69. The van der Waals surface area contributed by atoms with Gasteiger partial charge in [-0.05, 0) is 32.4 Å². The molecule has 5 nitrogen and oxygen atoms in total. The van der Waals surface area contributed by atoms with Crippen LogP contribution in [0.3, 0.4) is 0 Å². The zero-order valence-corrected chi connectivity index (χ0v) is 10.9. The summed E-state index contributed by atoms with van der Waals surface area (Å²) in [5.41, 5.74) is 11.9. The monoisotopic (exact) mass is 249 g/mol. The molecule has 0 unspecified atom stereocenters. The smallest absolute Gasteiger partial charge is 0.253 e. The Morgan fingerprint density at radius 1 is 1.33 bits per heavy atom. The van der Waals surface area contributed by atoms with Crippen molar-refractivity contribution in [2.24, 2.45) is 11.1 Å². The van der Waals surface area contributed by atoms with Crippen molar-refractivity contribution in [3.05, 3.63) is 29.3 Å². The number of aryl methyl sites for hydroxylation is 1. The van der Waals surface area contributed by atoms with E-state index in [1.54, 1.807) is 26.0 Å². The number of hydrogen-bond acceptors (Lipinski definition) is 3. The van der Waals surface area contributed by atoms with Crippen LogP contribution in [0.5, 0.6) is 0 Å². The molecule has 0 aliphatic rings. The standard InChI is InChI=1S/C13H19N3O2/c1-8-5-4-6-9(14)10(8)11(17)16-7-13(2,3)12(15)18/h4-6H,7,14H2,1-3H3,(H2,15,18)(H,16,17). The lowest BCUT2D eigenvalue weighted by Crippen LogP contribution is -2.42. The van der Waals surface area contributed by atoms with E-state index in [1.165, 1.54) is 0 Å². The second-order valence-corrected chi connectivity index (χ2v) is 4.97. The number of benzene rings is 1. The van der Waals surface area contributed by atoms with Gasteiger partial charge in [-0.3, -0.25) is 9.59 Å². The number of amides is 2. The fourth-order valence-electron chi connectivity index (χ4n) is 1.48. The van der Waals surface area contributed by atoms with Crippen LogP contribution in [0.25, 0.3) is 0 Å². The summed E-state index contributed by atoms with van der Waals surface area (Å²) in [6.45, 7) is 5.34. The summed E-state index contributed by atoms with van der Waals surface area (Å²) in [5, 5.41) is 2.68. The highest BCUT2D eigenvalue weighted by molar-refractivity contribution is 6.00. The summed E-state index contributed by atoms with van der Waals surface area (Å²) in [6.07, 6.45) is 0. The Morgan fingerprint density at radius 2 is 1.94 bits per heavy atom. The minimum atomic E-state index is -0.785. The van der Waals surface area contributed by atoms with E-state index < -0.39 is 11.3 Å². The average Bonchev–Trinajstić information content (AvgIpc) is 2.26. The van der Waals surface area contributed by atoms with Crippen molar-refractivity contribution in [2.45, 2.75) is 20.8 Å². The van der Waals surface area contributed by atoms with Crippen molar-refractivity contribution in [1.29, 1.82) is 0 Å². The van der Waals surface area contributed by atoms with Crippen LogP contribution in [-0.2, 0) is 4.79 Å². The lowest BCUT2D eigenvalue weighted by atomic mass is 9.92. The predicted molar refractivity (Wildman–Crippen MR) is 70.9 cm³/mol. The molecule has 0 saturated heterocycles. The molecule has 0 aliphatic heterocycles. The summed E-state index contributed by atoms with van der Waals surface area (Å²) in [4.78, 5) is 23.2. The van der Waals surface area contributed by atoms with E-state index in [2.05, 4.69) is 5.32 Å². The van der Waals surface area contributed by atoms with Gasteiger partial charge in [0, 0.05) is 12.2 Å². The fraction of sp³-hybridized carbons (Fsp3) is 0.385. The van der Waals surface area contributed by atoms with Crippen LogP contribution >= 0.6 is 0 Å². The Kier molecular flexibility index (Phi) is 3.96. The molecule has 1 rings (SSSR count). The van der Waals surface area contributed by atoms with E-state index in [9.17, 15) is 9.59 Å². The first-order chi connectivity index (χ1) is 8.25. The van der Waals surface area contributed by atoms with Crippen LogP contribution in [-0.4, -0.2) is 18.4 Å². The van der Waals surface area contributed by atoms with Crippen molar-refractivity contribution in [2.75, 3.05) is 12.3 Å². The van der Waals surface area contributed by atoms with Gasteiger partial charge in [-0.1, -0.05) is 12.1 Å². The lowest BCUT2D eigenvalue weighted by molar-refractivity contribution is -0.125. The summed E-state index contributed by atoms with van der Waals surface area (Å²) in [6, 6.07) is 5.26. The molecule has 1 aromatic carbocycles. The Hall–Kier alpha value is -2.04. The molecule has 0 fully saturated rings. The quantitative estimate of drug-likeness (QED) is 0.689. The van der Waals surface area contributed by atoms with E-state index in [4.69, 9.17) is 11.5 Å². The van der Waals surface area contributed by atoms with Crippen LogP contribution in [0.4, 0.5) is 5.69 Å². The molecule has 0 heterocycles. The van der Waals surface area contributed by atoms with Gasteiger partial charge in [-0.15, -0.1) is 0 Å². The summed E-state index contributed by atoms with van der Waals surface area (Å²) in [7, 11) is 0. The molecule has 0 aliphatic carbocycles. The highest BCUT2D eigenvalue weighted by atomic mass is 16.2. The number of anilines is 1. The van der Waals surface area contributed by atoms with Gasteiger partial charge in [-0.2, -0.15) is 0 Å². The zero-order chi connectivity index (χ0) is 13.9. The van der Waals surface area contributed by atoms with Crippen molar-refractivity contribution < 1.29 is 9.59 Å². The molecule has 98 valence electrons. The second kappa shape index (κ2) is 5.08. The van der Waals surface area contributed by atoms with Gasteiger partial charge in [0.1, 0.15) is 0 Å². The SMILES string of the molecule is Cc1cccc(N)c1C(=O)NCC(C)(C)C(N)=O. The number of rotatable bonds is 4. The van der Waals surface area contributed by atoms with Crippen LogP contribution in [0.1, 0.15) is 29.8 Å². The van der Waals surface area contributed by atoms with E-state index in [0.717, 1.165) is 5.56 Å². The highest BCUT2D eigenvalue weighted by Crippen LogP contribution is 2.17. The molecule has 0 radical (unpaired) electrons. The molecule has 0 atom stereocenters. The normalized spacial score (nSPS) is 11.1. The maximum absolute atomic E-state index is 12.0. The molecule has 1 aromatic rings. The van der Waals surface area contributed by atoms with Crippen molar-refractivity contribution in [3.63, 3.8) is 0 Å². The fourth-order valence-corrected chi connectivity index (χ4v) is 1.48. The maximum Gasteiger partial charge on any atom is 0.253 e. The summed E-state index contributed by atoms with van der Waals surface area (Å²) >= 11 is 0. The van der Waals surface area contributed by atoms with Crippen molar-refractivity contribution >= 4 is 17.5 Å². The van der Waals surface area contributed by atoms with E-state index in [0.29, 0.717) is 11.3 Å². The third kappa shape index (κ3) is 3.00. The Balaban J connectivity index is 2.82. The zero-order valence-electron chi connectivity index (χ0n) is 10.9. The van der Waals surface area contributed by atoms with E-state index >= 15 is 0 Å². The predicted octanol–water partition coefficient (Wildman–Crippen LogP) is 0.819. The summed E-state index contributed by atoms with van der Waals surface area (Å²) < 4.78 is 0. The molecule has 2 amide bonds. The van der Waals surface area contributed by atoms with Crippen LogP contribution in [0, 0.1) is 12.3 Å². The Morgan fingerprint density at radius 3 is 2.44 bits per heavy atom.